The minimum absolute atomic E-state index is 0.573. The van der Waals surface area contributed by atoms with E-state index in [9.17, 15) is 0 Å². The number of nitrogens with zero attached hydrogens (tertiary/aromatic N) is 1. The van der Waals surface area contributed by atoms with E-state index in [1.54, 1.807) is 0 Å². The molecule has 1 fully saturated rings. The Hall–Kier alpha value is -2.29. The van der Waals surface area contributed by atoms with Crippen molar-refractivity contribution in [3.05, 3.63) is 47.8 Å². The van der Waals surface area contributed by atoms with Crippen LogP contribution < -0.4 is 5.32 Å². The number of pyridine rings is 1. The number of aromatic amines is 1. The molecule has 4 rings (SSSR count). The monoisotopic (exact) mass is 319 g/mol. The van der Waals surface area contributed by atoms with Crippen molar-refractivity contribution in [3.8, 4) is 11.1 Å². The van der Waals surface area contributed by atoms with Crippen LogP contribution in [-0.2, 0) is 0 Å². The van der Waals surface area contributed by atoms with E-state index in [-0.39, 0.29) is 0 Å². The molecule has 3 nitrogen and oxygen atoms in total. The average molecular weight is 319 g/mol. The topological polar surface area (TPSA) is 40.7 Å². The summed E-state index contributed by atoms with van der Waals surface area (Å²) in [7, 11) is 0. The molecule has 1 aliphatic rings. The third-order valence-corrected chi connectivity index (χ3v) is 5.07. The summed E-state index contributed by atoms with van der Waals surface area (Å²) in [6, 6.07) is 9.45. The maximum Gasteiger partial charge on any atom is 0.139 e. The molecule has 0 amide bonds. The van der Waals surface area contributed by atoms with Crippen molar-refractivity contribution in [1.29, 1.82) is 0 Å². The summed E-state index contributed by atoms with van der Waals surface area (Å²) in [6.07, 6.45) is 10.6. The first-order chi connectivity index (χ1) is 11.7. The second-order valence-electron chi connectivity index (χ2n) is 7.14. The van der Waals surface area contributed by atoms with Crippen molar-refractivity contribution in [2.75, 3.05) is 5.32 Å². The zero-order valence-electron chi connectivity index (χ0n) is 14.5. The van der Waals surface area contributed by atoms with Gasteiger partial charge >= 0.3 is 0 Å². The number of hydrogen-bond donors (Lipinski definition) is 2. The first-order valence-corrected chi connectivity index (χ1v) is 9.02. The Balaban J connectivity index is 1.83. The summed E-state index contributed by atoms with van der Waals surface area (Å²) < 4.78 is 0. The number of fused-ring (bicyclic) bond motifs is 1. The van der Waals surface area contributed by atoms with Gasteiger partial charge in [0.25, 0.3) is 0 Å². The molecule has 3 heteroatoms. The third-order valence-electron chi connectivity index (χ3n) is 5.07. The van der Waals surface area contributed by atoms with Crippen molar-refractivity contribution in [2.45, 2.75) is 52.0 Å². The van der Waals surface area contributed by atoms with Crippen LogP contribution in [0.2, 0.25) is 0 Å². The SMILES string of the molecule is Cc1cc(C)cc(-c2cnc3[nH]ccc3c2NC2CCCCC2)c1. The normalized spacial score (nSPS) is 15.8. The van der Waals surface area contributed by atoms with Crippen LogP contribution >= 0.6 is 0 Å². The number of aryl methyl sites for hydroxylation is 2. The Morgan fingerprint density at radius 3 is 2.54 bits per heavy atom. The molecule has 1 aromatic carbocycles. The van der Waals surface area contributed by atoms with Gasteiger partial charge in [-0.3, -0.25) is 0 Å². The van der Waals surface area contributed by atoms with Crippen LogP contribution in [0.3, 0.4) is 0 Å². The largest absolute Gasteiger partial charge is 0.381 e. The Bertz CT molecular complexity index is 836. The molecule has 0 spiro atoms. The number of H-pyrrole nitrogens is 1. The lowest BCUT2D eigenvalue weighted by Crippen LogP contribution is -2.22. The molecule has 0 unspecified atom stereocenters. The molecule has 0 saturated heterocycles. The van der Waals surface area contributed by atoms with E-state index in [2.05, 4.69) is 53.4 Å². The van der Waals surface area contributed by atoms with Crippen LogP contribution in [0.1, 0.15) is 43.2 Å². The van der Waals surface area contributed by atoms with Crippen LogP contribution in [0, 0.1) is 13.8 Å². The molecule has 2 heterocycles. The predicted octanol–water partition coefficient (Wildman–Crippen LogP) is 5.59. The highest BCUT2D eigenvalue weighted by atomic mass is 14.9. The summed E-state index contributed by atoms with van der Waals surface area (Å²) in [6.45, 7) is 4.32. The number of nitrogens with one attached hydrogen (secondary N) is 2. The molecule has 1 saturated carbocycles. The summed E-state index contributed by atoms with van der Waals surface area (Å²) in [5, 5.41) is 5.05. The fourth-order valence-electron chi connectivity index (χ4n) is 3.96. The van der Waals surface area contributed by atoms with Gasteiger partial charge in [-0.15, -0.1) is 0 Å². The summed E-state index contributed by atoms with van der Waals surface area (Å²) in [5.41, 5.74) is 7.24. The maximum absolute atomic E-state index is 4.64. The lowest BCUT2D eigenvalue weighted by Gasteiger charge is -2.25. The van der Waals surface area contributed by atoms with Crippen molar-refractivity contribution in [2.24, 2.45) is 0 Å². The summed E-state index contributed by atoms with van der Waals surface area (Å²) in [4.78, 5) is 7.88. The number of benzene rings is 1. The van der Waals surface area contributed by atoms with Gasteiger partial charge in [0.15, 0.2) is 0 Å². The molecule has 2 N–H and O–H groups in total. The highest BCUT2D eigenvalue weighted by molar-refractivity contribution is 5.98. The van der Waals surface area contributed by atoms with E-state index in [0.29, 0.717) is 6.04 Å². The molecule has 2 aromatic heterocycles. The zero-order chi connectivity index (χ0) is 16.5. The van der Waals surface area contributed by atoms with Crippen LogP contribution in [0.25, 0.3) is 22.2 Å². The van der Waals surface area contributed by atoms with E-state index in [1.165, 1.54) is 65.4 Å². The first kappa shape index (κ1) is 15.3. The minimum atomic E-state index is 0.573. The van der Waals surface area contributed by atoms with Crippen LogP contribution in [0.15, 0.2) is 36.7 Å². The molecular weight excluding hydrogens is 294 g/mol. The van der Waals surface area contributed by atoms with Crippen molar-refractivity contribution in [1.82, 2.24) is 9.97 Å². The van der Waals surface area contributed by atoms with E-state index in [4.69, 9.17) is 0 Å². The summed E-state index contributed by atoms with van der Waals surface area (Å²) in [5.74, 6) is 0. The first-order valence-electron chi connectivity index (χ1n) is 9.02. The van der Waals surface area contributed by atoms with Gasteiger partial charge in [0.2, 0.25) is 0 Å². The van der Waals surface area contributed by atoms with Gasteiger partial charge in [-0.05, 0) is 38.3 Å². The summed E-state index contributed by atoms with van der Waals surface area (Å²) >= 11 is 0. The van der Waals surface area contributed by atoms with Crippen LogP contribution in [0.5, 0.6) is 0 Å². The van der Waals surface area contributed by atoms with Gasteiger partial charge in [0.05, 0.1) is 5.69 Å². The van der Waals surface area contributed by atoms with Crippen LogP contribution in [-0.4, -0.2) is 16.0 Å². The lowest BCUT2D eigenvalue weighted by atomic mass is 9.94. The molecule has 0 aliphatic heterocycles. The Kier molecular flexibility index (Phi) is 4.01. The van der Waals surface area contributed by atoms with Crippen LogP contribution in [0.4, 0.5) is 5.69 Å². The van der Waals surface area contributed by atoms with E-state index in [1.807, 2.05) is 12.4 Å². The number of rotatable bonds is 3. The van der Waals surface area contributed by atoms with Crippen molar-refractivity contribution in [3.63, 3.8) is 0 Å². The molecule has 1 aliphatic carbocycles. The standard InChI is InChI=1S/C21H25N3/c1-14-10-15(2)12-16(11-14)19-13-23-21-18(8-9-22-21)20(19)24-17-6-4-3-5-7-17/h8-13,17H,3-7H2,1-2H3,(H2,22,23,24). The Labute approximate surface area is 143 Å². The van der Waals surface area contributed by atoms with E-state index < -0.39 is 0 Å². The third kappa shape index (κ3) is 2.91. The average Bonchev–Trinajstić information content (AvgIpc) is 3.04. The molecule has 0 bridgehead atoms. The predicted molar refractivity (Wildman–Crippen MR) is 101 cm³/mol. The Morgan fingerprint density at radius 2 is 1.79 bits per heavy atom. The second kappa shape index (κ2) is 6.31. The van der Waals surface area contributed by atoms with E-state index >= 15 is 0 Å². The quantitative estimate of drug-likeness (QED) is 0.660. The highest BCUT2D eigenvalue weighted by Crippen LogP contribution is 2.36. The van der Waals surface area contributed by atoms with Gasteiger partial charge in [0.1, 0.15) is 5.65 Å². The zero-order valence-corrected chi connectivity index (χ0v) is 14.5. The van der Waals surface area contributed by atoms with Gasteiger partial charge in [-0.1, -0.05) is 48.6 Å². The van der Waals surface area contributed by atoms with Gasteiger partial charge < -0.3 is 10.3 Å². The molecule has 124 valence electrons. The number of hydrogen-bond acceptors (Lipinski definition) is 2. The molecule has 0 atom stereocenters. The maximum atomic E-state index is 4.64. The molecule has 24 heavy (non-hydrogen) atoms. The fraction of sp³-hybridized carbons (Fsp3) is 0.381. The Morgan fingerprint density at radius 1 is 1.04 bits per heavy atom. The number of anilines is 1. The van der Waals surface area contributed by atoms with Gasteiger partial charge in [-0.25, -0.2) is 4.98 Å². The van der Waals surface area contributed by atoms with E-state index in [0.717, 1.165) is 5.65 Å². The molecular formula is C21H25N3. The van der Waals surface area contributed by atoms with Gasteiger partial charge in [-0.2, -0.15) is 0 Å². The number of aromatic nitrogens is 2. The lowest BCUT2D eigenvalue weighted by molar-refractivity contribution is 0.463. The molecule has 0 radical (unpaired) electrons. The fourth-order valence-corrected chi connectivity index (χ4v) is 3.96. The van der Waals surface area contributed by atoms with Gasteiger partial charge in [0, 0.05) is 29.4 Å². The highest BCUT2D eigenvalue weighted by Gasteiger charge is 2.18. The molecule has 3 aromatic rings. The second-order valence-corrected chi connectivity index (χ2v) is 7.14. The van der Waals surface area contributed by atoms with Crippen molar-refractivity contribution < 1.29 is 0 Å². The smallest absolute Gasteiger partial charge is 0.139 e. The van der Waals surface area contributed by atoms with Crippen molar-refractivity contribution >= 4 is 16.7 Å². The minimum Gasteiger partial charge on any atom is -0.381 e.